The van der Waals surface area contributed by atoms with Gasteiger partial charge in [0.15, 0.2) is 12.4 Å². The molecule has 0 atom stereocenters. The Hall–Kier alpha value is -3.60. The highest BCUT2D eigenvalue weighted by molar-refractivity contribution is 5.95. The molecule has 0 radical (unpaired) electrons. The number of anilines is 1. The first-order valence-corrected chi connectivity index (χ1v) is 6.86. The Bertz CT molecular complexity index is 777. The number of para-hydroxylation sites is 1. The van der Waals surface area contributed by atoms with Crippen LogP contribution >= 0.6 is 0 Å². The van der Waals surface area contributed by atoms with Crippen molar-refractivity contribution in [2.24, 2.45) is 0 Å². The van der Waals surface area contributed by atoms with Gasteiger partial charge >= 0.3 is 5.97 Å². The minimum absolute atomic E-state index is 0.0636. The van der Waals surface area contributed by atoms with Crippen molar-refractivity contribution in [3.8, 4) is 6.07 Å². The number of amides is 2. The van der Waals surface area contributed by atoms with Crippen molar-refractivity contribution in [1.82, 2.24) is 5.32 Å². The van der Waals surface area contributed by atoms with Crippen LogP contribution in [0.25, 0.3) is 0 Å². The quantitative estimate of drug-likeness (QED) is 0.765. The molecule has 2 N–H and O–H groups in total. The van der Waals surface area contributed by atoms with E-state index in [1.165, 1.54) is 18.4 Å². The average molecular weight is 327 g/mol. The van der Waals surface area contributed by atoms with Gasteiger partial charge in [-0.3, -0.25) is 14.4 Å². The molecule has 0 unspecified atom stereocenters. The Balaban J connectivity index is 1.74. The number of nitrogens with zero attached hydrogens (tertiary/aromatic N) is 1. The maximum atomic E-state index is 11.7. The Morgan fingerprint density at radius 2 is 1.96 bits per heavy atom. The summed E-state index contributed by atoms with van der Waals surface area (Å²) in [5.41, 5.74) is 0.620. The highest BCUT2D eigenvalue weighted by atomic mass is 16.5. The zero-order chi connectivity index (χ0) is 17.4. The monoisotopic (exact) mass is 327 g/mol. The lowest BCUT2D eigenvalue weighted by molar-refractivity contribution is -0.146. The first kappa shape index (κ1) is 16.8. The fraction of sp³-hybridized carbons (Fsp3) is 0.125. The van der Waals surface area contributed by atoms with Crippen LogP contribution in [0.4, 0.5) is 5.69 Å². The van der Waals surface area contributed by atoms with Crippen molar-refractivity contribution < 1.29 is 23.5 Å². The molecule has 8 heteroatoms. The van der Waals surface area contributed by atoms with Gasteiger partial charge in [-0.1, -0.05) is 12.1 Å². The van der Waals surface area contributed by atoms with E-state index in [9.17, 15) is 14.4 Å². The second-order valence-corrected chi connectivity index (χ2v) is 4.53. The van der Waals surface area contributed by atoms with Gasteiger partial charge in [-0.2, -0.15) is 5.26 Å². The van der Waals surface area contributed by atoms with Gasteiger partial charge in [0.1, 0.15) is 12.6 Å². The molecule has 0 fully saturated rings. The Morgan fingerprint density at radius 1 is 1.17 bits per heavy atom. The molecule has 0 bridgehead atoms. The number of benzene rings is 1. The van der Waals surface area contributed by atoms with E-state index in [-0.39, 0.29) is 5.76 Å². The van der Waals surface area contributed by atoms with Gasteiger partial charge in [0, 0.05) is 0 Å². The summed E-state index contributed by atoms with van der Waals surface area (Å²) in [7, 11) is 0. The molecule has 1 heterocycles. The summed E-state index contributed by atoms with van der Waals surface area (Å²) in [6, 6.07) is 11.3. The van der Waals surface area contributed by atoms with Crippen LogP contribution in [0.15, 0.2) is 47.1 Å². The first-order chi connectivity index (χ1) is 11.6. The average Bonchev–Trinajstić information content (AvgIpc) is 3.13. The third-order valence-corrected chi connectivity index (χ3v) is 2.82. The lowest BCUT2D eigenvalue weighted by Crippen LogP contribution is -2.32. The molecule has 2 rings (SSSR count). The van der Waals surface area contributed by atoms with Crippen molar-refractivity contribution >= 4 is 23.5 Å². The number of esters is 1. The number of carbonyl (C=O) groups is 3. The van der Waals surface area contributed by atoms with Crippen molar-refractivity contribution in [3.63, 3.8) is 0 Å². The third kappa shape index (κ3) is 4.71. The summed E-state index contributed by atoms with van der Waals surface area (Å²) in [6.45, 7) is -0.934. The molecule has 0 saturated carbocycles. The van der Waals surface area contributed by atoms with E-state index < -0.39 is 30.9 Å². The zero-order valence-corrected chi connectivity index (χ0v) is 12.4. The van der Waals surface area contributed by atoms with E-state index in [2.05, 4.69) is 10.6 Å². The highest BCUT2D eigenvalue weighted by Crippen LogP contribution is 2.13. The number of nitriles is 1. The molecular formula is C16H13N3O5. The van der Waals surface area contributed by atoms with Gasteiger partial charge in [0.2, 0.25) is 0 Å². The largest absolute Gasteiger partial charge is 0.459 e. The van der Waals surface area contributed by atoms with E-state index >= 15 is 0 Å². The molecule has 0 aliphatic heterocycles. The van der Waals surface area contributed by atoms with E-state index in [1.54, 1.807) is 24.3 Å². The van der Waals surface area contributed by atoms with Gasteiger partial charge in [0.05, 0.1) is 17.5 Å². The van der Waals surface area contributed by atoms with Gasteiger partial charge in [-0.05, 0) is 24.3 Å². The van der Waals surface area contributed by atoms with Gasteiger partial charge < -0.3 is 19.8 Å². The predicted octanol–water partition coefficient (Wildman–Crippen LogP) is 1.06. The maximum absolute atomic E-state index is 11.7. The van der Waals surface area contributed by atoms with E-state index in [0.29, 0.717) is 11.3 Å². The van der Waals surface area contributed by atoms with E-state index in [1.807, 2.05) is 6.07 Å². The van der Waals surface area contributed by atoms with Gasteiger partial charge in [0.25, 0.3) is 11.8 Å². The lowest BCUT2D eigenvalue weighted by Gasteiger charge is -2.08. The topological polar surface area (TPSA) is 121 Å². The Morgan fingerprint density at radius 3 is 2.67 bits per heavy atom. The molecule has 2 aromatic rings. The van der Waals surface area contributed by atoms with Crippen molar-refractivity contribution in [3.05, 3.63) is 54.0 Å². The molecule has 8 nitrogen and oxygen atoms in total. The lowest BCUT2D eigenvalue weighted by atomic mass is 10.2. The Labute approximate surface area is 137 Å². The summed E-state index contributed by atoms with van der Waals surface area (Å²) < 4.78 is 9.60. The Kier molecular flexibility index (Phi) is 5.69. The second-order valence-electron chi connectivity index (χ2n) is 4.53. The molecule has 0 spiro atoms. The summed E-state index contributed by atoms with van der Waals surface area (Å²) in [6.07, 6.45) is 1.33. The minimum atomic E-state index is -0.779. The molecule has 24 heavy (non-hydrogen) atoms. The summed E-state index contributed by atoms with van der Waals surface area (Å²) in [5.74, 6) is -1.87. The maximum Gasteiger partial charge on any atom is 0.325 e. The smallest absolute Gasteiger partial charge is 0.325 e. The van der Waals surface area contributed by atoms with Crippen LogP contribution in [0.1, 0.15) is 16.1 Å². The molecule has 0 aliphatic rings. The highest BCUT2D eigenvalue weighted by Gasteiger charge is 2.13. The predicted molar refractivity (Wildman–Crippen MR) is 81.8 cm³/mol. The fourth-order valence-electron chi connectivity index (χ4n) is 1.72. The van der Waals surface area contributed by atoms with Gasteiger partial charge in [-0.15, -0.1) is 0 Å². The molecule has 0 aliphatic carbocycles. The molecule has 1 aromatic heterocycles. The number of carbonyl (C=O) groups excluding carboxylic acids is 3. The molecule has 1 aromatic carbocycles. The van der Waals surface area contributed by atoms with Crippen LogP contribution in [0, 0.1) is 11.3 Å². The van der Waals surface area contributed by atoms with Crippen LogP contribution in [0.3, 0.4) is 0 Å². The standard InChI is InChI=1S/C16H13N3O5/c17-8-11-4-1-2-5-12(11)19-14(20)10-24-15(21)9-18-16(22)13-6-3-7-23-13/h1-7H,9-10H2,(H,18,22)(H,19,20). The summed E-state index contributed by atoms with van der Waals surface area (Å²) in [4.78, 5) is 34.7. The molecule has 2 amide bonds. The van der Waals surface area contributed by atoms with Crippen molar-refractivity contribution in [1.29, 1.82) is 5.26 Å². The van der Waals surface area contributed by atoms with Crippen molar-refractivity contribution in [2.45, 2.75) is 0 Å². The number of rotatable bonds is 6. The van der Waals surface area contributed by atoms with Crippen LogP contribution in [-0.4, -0.2) is 30.9 Å². The number of hydrogen-bond donors (Lipinski definition) is 2. The fourth-order valence-corrected chi connectivity index (χ4v) is 1.72. The number of hydrogen-bond acceptors (Lipinski definition) is 6. The van der Waals surface area contributed by atoms with Crippen molar-refractivity contribution in [2.75, 3.05) is 18.5 Å². The van der Waals surface area contributed by atoms with E-state index in [0.717, 1.165) is 0 Å². The van der Waals surface area contributed by atoms with Crippen LogP contribution in [-0.2, 0) is 14.3 Å². The third-order valence-electron chi connectivity index (χ3n) is 2.82. The molecule has 122 valence electrons. The van der Waals surface area contributed by atoms with Gasteiger partial charge in [-0.25, -0.2) is 0 Å². The zero-order valence-electron chi connectivity index (χ0n) is 12.4. The normalized spacial score (nSPS) is 9.62. The van der Waals surface area contributed by atoms with Crippen LogP contribution in [0.5, 0.6) is 0 Å². The number of nitrogens with one attached hydrogen (secondary N) is 2. The second kappa shape index (κ2) is 8.14. The summed E-state index contributed by atoms with van der Waals surface area (Å²) >= 11 is 0. The SMILES string of the molecule is N#Cc1ccccc1NC(=O)COC(=O)CNC(=O)c1ccco1. The minimum Gasteiger partial charge on any atom is -0.459 e. The molecular weight excluding hydrogens is 314 g/mol. The van der Waals surface area contributed by atoms with E-state index in [4.69, 9.17) is 14.4 Å². The number of furan rings is 1. The van der Waals surface area contributed by atoms with Crippen LogP contribution in [0.2, 0.25) is 0 Å². The number of ether oxygens (including phenoxy) is 1. The first-order valence-electron chi connectivity index (χ1n) is 6.86. The van der Waals surface area contributed by atoms with Crippen LogP contribution < -0.4 is 10.6 Å². The summed E-state index contributed by atoms with van der Waals surface area (Å²) in [5, 5.41) is 13.7. The molecule has 0 saturated heterocycles.